The third kappa shape index (κ3) is 4.91. The van der Waals surface area contributed by atoms with Crippen LogP contribution in [0.2, 0.25) is 0 Å². The number of carbonyl (C=O) groups excluding carboxylic acids is 2. The zero-order valence-corrected chi connectivity index (χ0v) is 16.8. The molecule has 3 rings (SSSR count). The summed E-state index contributed by atoms with van der Waals surface area (Å²) >= 11 is 0. The maximum atomic E-state index is 12.3. The molecule has 0 saturated heterocycles. The second kappa shape index (κ2) is 9.20. The lowest BCUT2D eigenvalue weighted by molar-refractivity contribution is 0.153. The first-order valence-corrected chi connectivity index (χ1v) is 9.43. The number of nitrogens with one attached hydrogen (secondary N) is 2. The minimum absolute atomic E-state index is 0.178. The minimum atomic E-state index is -0.805. The molecule has 8 heteroatoms. The number of benzene rings is 2. The number of hydrogen-bond acceptors (Lipinski definition) is 6. The van der Waals surface area contributed by atoms with Crippen molar-refractivity contribution < 1.29 is 14.3 Å². The van der Waals surface area contributed by atoms with Crippen molar-refractivity contribution in [2.24, 2.45) is 4.99 Å². The normalized spacial score (nSPS) is 12.4. The van der Waals surface area contributed by atoms with Gasteiger partial charge in [0.1, 0.15) is 5.84 Å². The average Bonchev–Trinajstić information content (AvgIpc) is 2.81. The molecule has 1 aliphatic heterocycles. The molecule has 0 unspecified atom stereocenters. The largest absolute Gasteiger partial charge is 0.450 e. The van der Waals surface area contributed by atoms with Gasteiger partial charge in [-0.3, -0.25) is 5.32 Å². The van der Waals surface area contributed by atoms with Gasteiger partial charge in [0.25, 0.3) is 0 Å². The number of nitrogens with zero attached hydrogens (tertiary/aromatic N) is 3. The molecule has 8 nitrogen and oxygen atoms in total. The van der Waals surface area contributed by atoms with E-state index in [1.165, 1.54) is 0 Å². The zero-order chi connectivity index (χ0) is 20.8. The fraction of sp³-hybridized carbons (Fsp3) is 0.286. The van der Waals surface area contributed by atoms with E-state index in [1.807, 2.05) is 62.6 Å². The second-order valence-corrected chi connectivity index (χ2v) is 6.72. The van der Waals surface area contributed by atoms with Gasteiger partial charge in [-0.05, 0) is 45.3 Å². The Bertz CT molecular complexity index is 926. The molecule has 152 valence electrons. The summed E-state index contributed by atoms with van der Waals surface area (Å²) < 4.78 is 4.76. The Morgan fingerprint density at radius 1 is 1.07 bits per heavy atom. The SMILES string of the molecule is CCOC(=O)NC(=O)NC1=Nc2ccccc2N(CCN(C)C)c2ccccc21. The summed E-state index contributed by atoms with van der Waals surface area (Å²) in [4.78, 5) is 32.9. The summed E-state index contributed by atoms with van der Waals surface area (Å²) in [6.45, 7) is 3.44. The molecule has 3 amide bonds. The van der Waals surface area contributed by atoms with Crippen molar-refractivity contribution in [3.63, 3.8) is 0 Å². The Kier molecular flexibility index (Phi) is 6.46. The Morgan fingerprint density at radius 2 is 1.76 bits per heavy atom. The first-order chi connectivity index (χ1) is 14.0. The topological polar surface area (TPSA) is 86.3 Å². The molecule has 0 spiro atoms. The smallest absolute Gasteiger partial charge is 0.415 e. The number of anilines is 2. The molecule has 2 aromatic rings. The summed E-state index contributed by atoms with van der Waals surface area (Å²) in [5.41, 5.74) is 3.37. The highest BCUT2D eigenvalue weighted by atomic mass is 16.5. The Labute approximate surface area is 170 Å². The number of amidine groups is 1. The Hall–Kier alpha value is -3.39. The molecular formula is C21H25N5O3. The van der Waals surface area contributed by atoms with Gasteiger partial charge in [0.05, 0.1) is 23.7 Å². The van der Waals surface area contributed by atoms with Crippen LogP contribution in [-0.4, -0.2) is 56.7 Å². The van der Waals surface area contributed by atoms with E-state index in [1.54, 1.807) is 6.92 Å². The van der Waals surface area contributed by atoms with Crippen molar-refractivity contribution in [3.05, 3.63) is 54.1 Å². The van der Waals surface area contributed by atoms with Gasteiger partial charge in [-0.2, -0.15) is 0 Å². The number of amides is 3. The fourth-order valence-corrected chi connectivity index (χ4v) is 3.04. The van der Waals surface area contributed by atoms with Crippen LogP contribution in [-0.2, 0) is 4.74 Å². The highest BCUT2D eigenvalue weighted by Gasteiger charge is 2.24. The Morgan fingerprint density at radius 3 is 2.48 bits per heavy atom. The number of aliphatic imine (C=N–C) groups is 1. The standard InChI is InChI=1S/C21H25N5O3/c1-4-29-21(28)24-20(27)23-19-15-9-5-7-11-17(15)26(14-13-25(2)3)18-12-8-6-10-16(18)22-19/h5-12H,4,13-14H2,1-3H3,(H2,22,23,24,27,28). The van der Waals surface area contributed by atoms with Crippen LogP contribution in [0.1, 0.15) is 12.5 Å². The fourth-order valence-electron chi connectivity index (χ4n) is 3.04. The second-order valence-electron chi connectivity index (χ2n) is 6.72. The first-order valence-electron chi connectivity index (χ1n) is 9.43. The molecule has 0 aromatic heterocycles. The van der Waals surface area contributed by atoms with E-state index in [2.05, 4.69) is 25.4 Å². The lowest BCUT2D eigenvalue weighted by Crippen LogP contribution is -2.43. The predicted molar refractivity (Wildman–Crippen MR) is 113 cm³/mol. The lowest BCUT2D eigenvalue weighted by Gasteiger charge is -2.27. The summed E-state index contributed by atoms with van der Waals surface area (Å²) in [5, 5.41) is 4.84. The maximum absolute atomic E-state index is 12.3. The molecular weight excluding hydrogens is 370 g/mol. The van der Waals surface area contributed by atoms with Crippen LogP contribution in [0, 0.1) is 0 Å². The van der Waals surface area contributed by atoms with Crippen LogP contribution in [0.5, 0.6) is 0 Å². The van der Waals surface area contributed by atoms with Crippen molar-refractivity contribution in [1.29, 1.82) is 0 Å². The zero-order valence-electron chi connectivity index (χ0n) is 16.8. The molecule has 0 bridgehead atoms. The van der Waals surface area contributed by atoms with E-state index in [9.17, 15) is 9.59 Å². The van der Waals surface area contributed by atoms with Gasteiger partial charge in [-0.1, -0.05) is 24.3 Å². The summed E-state index contributed by atoms with van der Waals surface area (Å²) in [5.74, 6) is 0.363. The number of fused-ring (bicyclic) bond motifs is 2. The minimum Gasteiger partial charge on any atom is -0.450 e. The molecule has 1 heterocycles. The third-order valence-corrected chi connectivity index (χ3v) is 4.35. The van der Waals surface area contributed by atoms with Gasteiger partial charge in [-0.15, -0.1) is 0 Å². The van der Waals surface area contributed by atoms with Crippen molar-refractivity contribution in [2.45, 2.75) is 6.92 Å². The van der Waals surface area contributed by atoms with E-state index in [-0.39, 0.29) is 6.61 Å². The van der Waals surface area contributed by atoms with Crippen molar-refractivity contribution in [1.82, 2.24) is 15.5 Å². The number of carbonyl (C=O) groups is 2. The van der Waals surface area contributed by atoms with Crippen molar-refractivity contribution in [3.8, 4) is 0 Å². The molecule has 0 aliphatic carbocycles. The van der Waals surface area contributed by atoms with E-state index < -0.39 is 12.1 Å². The predicted octanol–water partition coefficient (Wildman–Crippen LogP) is 3.23. The van der Waals surface area contributed by atoms with Gasteiger partial charge in [-0.25, -0.2) is 19.9 Å². The maximum Gasteiger partial charge on any atom is 0.415 e. The summed E-state index contributed by atoms with van der Waals surface area (Å²) in [6.07, 6.45) is -0.805. The number of rotatable bonds is 4. The molecule has 2 N–H and O–H groups in total. The Balaban J connectivity index is 1.99. The van der Waals surface area contributed by atoms with Gasteiger partial charge >= 0.3 is 12.1 Å². The van der Waals surface area contributed by atoms with Gasteiger partial charge in [0.15, 0.2) is 0 Å². The molecule has 0 fully saturated rings. The van der Waals surface area contributed by atoms with Crippen LogP contribution >= 0.6 is 0 Å². The molecule has 2 aromatic carbocycles. The van der Waals surface area contributed by atoms with E-state index >= 15 is 0 Å². The average molecular weight is 395 g/mol. The molecule has 1 aliphatic rings. The number of likely N-dealkylation sites (N-methyl/N-ethyl adjacent to an activating group) is 1. The number of ether oxygens (including phenoxy) is 1. The van der Waals surface area contributed by atoms with Gasteiger partial charge in [0, 0.05) is 18.7 Å². The van der Waals surface area contributed by atoms with Crippen LogP contribution in [0.3, 0.4) is 0 Å². The highest BCUT2D eigenvalue weighted by Crippen LogP contribution is 2.38. The molecule has 0 atom stereocenters. The number of alkyl carbamates (subject to hydrolysis) is 1. The van der Waals surface area contributed by atoms with Crippen molar-refractivity contribution in [2.75, 3.05) is 38.7 Å². The van der Waals surface area contributed by atoms with E-state index in [0.717, 1.165) is 35.7 Å². The number of hydrogen-bond donors (Lipinski definition) is 2. The van der Waals surface area contributed by atoms with Crippen molar-refractivity contribution >= 4 is 35.0 Å². The highest BCUT2D eigenvalue weighted by molar-refractivity contribution is 6.14. The van der Waals surface area contributed by atoms with Crippen LogP contribution in [0.4, 0.5) is 26.7 Å². The van der Waals surface area contributed by atoms with E-state index in [4.69, 9.17) is 4.74 Å². The van der Waals surface area contributed by atoms with Crippen LogP contribution in [0.15, 0.2) is 53.5 Å². The first kappa shape index (κ1) is 20.3. The number of urea groups is 1. The van der Waals surface area contributed by atoms with Gasteiger partial charge < -0.3 is 14.5 Å². The monoisotopic (exact) mass is 395 g/mol. The molecule has 0 saturated carbocycles. The summed E-state index contributed by atoms with van der Waals surface area (Å²) in [7, 11) is 4.05. The van der Waals surface area contributed by atoms with Crippen LogP contribution < -0.4 is 15.5 Å². The number of imide groups is 1. The quantitative estimate of drug-likeness (QED) is 0.830. The lowest BCUT2D eigenvalue weighted by atomic mass is 10.1. The molecule has 29 heavy (non-hydrogen) atoms. The summed E-state index contributed by atoms with van der Waals surface area (Å²) in [6, 6.07) is 14.8. The van der Waals surface area contributed by atoms with Gasteiger partial charge in [0.2, 0.25) is 0 Å². The number of para-hydroxylation sites is 3. The molecule has 0 radical (unpaired) electrons. The third-order valence-electron chi connectivity index (χ3n) is 4.35. The van der Waals surface area contributed by atoms with E-state index in [0.29, 0.717) is 5.84 Å². The van der Waals surface area contributed by atoms with Crippen LogP contribution in [0.25, 0.3) is 0 Å².